The fraction of sp³-hybridized carbons (Fsp3) is 0.273. The standard InChI is InChI=1S/C11H9ClF3N3O3S2/c12-9-8(16-6-18(9)4-3-11(13,14)15)10(19)17-23(20,21)7-2-1-5-22-7/h1-2,5-6H,3-4H2,(H,17,19). The lowest BCUT2D eigenvalue weighted by Gasteiger charge is -2.07. The third kappa shape index (κ3) is 4.45. The maximum atomic E-state index is 12.2. The Hall–Kier alpha value is -1.59. The first-order valence-corrected chi connectivity index (χ1v) is 8.72. The van der Waals surface area contributed by atoms with Gasteiger partial charge >= 0.3 is 6.18 Å². The van der Waals surface area contributed by atoms with Crippen LogP contribution in [-0.4, -0.2) is 30.1 Å². The van der Waals surface area contributed by atoms with Crippen LogP contribution in [0.25, 0.3) is 0 Å². The summed E-state index contributed by atoms with van der Waals surface area (Å²) < 4.78 is 63.0. The Morgan fingerprint density at radius 2 is 2.13 bits per heavy atom. The summed E-state index contributed by atoms with van der Waals surface area (Å²) in [4.78, 5) is 15.5. The van der Waals surface area contributed by atoms with Crippen LogP contribution in [0.4, 0.5) is 13.2 Å². The maximum absolute atomic E-state index is 12.2. The van der Waals surface area contributed by atoms with Crippen molar-refractivity contribution in [2.24, 2.45) is 0 Å². The van der Waals surface area contributed by atoms with Gasteiger partial charge in [-0.2, -0.15) is 13.2 Å². The number of aryl methyl sites for hydroxylation is 1. The molecule has 12 heteroatoms. The Kier molecular flexibility index (Phi) is 5.01. The Bertz CT molecular complexity index is 800. The minimum absolute atomic E-state index is 0.0847. The number of thiophene rings is 1. The molecule has 0 spiro atoms. The van der Waals surface area contributed by atoms with Gasteiger partial charge in [0, 0.05) is 6.54 Å². The number of nitrogens with one attached hydrogen (secondary N) is 1. The molecule has 0 unspecified atom stereocenters. The minimum Gasteiger partial charge on any atom is -0.321 e. The molecule has 2 aromatic rings. The molecule has 1 amide bonds. The molecular weight excluding hydrogens is 379 g/mol. The summed E-state index contributed by atoms with van der Waals surface area (Å²) in [6, 6.07) is 2.78. The third-order valence-corrected chi connectivity index (χ3v) is 5.74. The highest BCUT2D eigenvalue weighted by atomic mass is 35.5. The van der Waals surface area contributed by atoms with Crippen LogP contribution in [-0.2, 0) is 16.6 Å². The van der Waals surface area contributed by atoms with E-state index in [9.17, 15) is 26.4 Å². The van der Waals surface area contributed by atoms with Crippen molar-refractivity contribution >= 4 is 38.9 Å². The van der Waals surface area contributed by atoms with Crippen LogP contribution < -0.4 is 4.72 Å². The summed E-state index contributed by atoms with van der Waals surface area (Å²) in [5, 5.41) is 1.14. The van der Waals surface area contributed by atoms with Crippen molar-refractivity contribution in [3.63, 3.8) is 0 Å². The first kappa shape index (κ1) is 17.8. The molecule has 0 radical (unpaired) electrons. The second-order valence-electron chi connectivity index (χ2n) is 4.31. The zero-order chi connectivity index (χ0) is 17.3. The van der Waals surface area contributed by atoms with Crippen molar-refractivity contribution in [1.29, 1.82) is 0 Å². The first-order valence-electron chi connectivity index (χ1n) is 5.98. The Morgan fingerprint density at radius 1 is 1.43 bits per heavy atom. The summed E-state index contributed by atoms with van der Waals surface area (Å²) >= 11 is 6.68. The molecule has 0 saturated carbocycles. The number of amides is 1. The van der Waals surface area contributed by atoms with Crippen LogP contribution in [0.5, 0.6) is 0 Å². The molecule has 0 fully saturated rings. The second kappa shape index (κ2) is 6.49. The highest BCUT2D eigenvalue weighted by molar-refractivity contribution is 7.92. The number of carbonyl (C=O) groups is 1. The number of hydrogen-bond donors (Lipinski definition) is 1. The molecule has 0 bridgehead atoms. The van der Waals surface area contributed by atoms with Crippen LogP contribution >= 0.6 is 22.9 Å². The van der Waals surface area contributed by atoms with E-state index in [1.807, 2.05) is 0 Å². The number of imidazole rings is 1. The van der Waals surface area contributed by atoms with Crippen molar-refractivity contribution in [1.82, 2.24) is 14.3 Å². The molecule has 126 valence electrons. The lowest BCUT2D eigenvalue weighted by atomic mass is 10.4. The molecule has 2 rings (SSSR count). The van der Waals surface area contributed by atoms with Gasteiger partial charge in [-0.05, 0) is 11.4 Å². The molecule has 0 aromatic carbocycles. The zero-order valence-electron chi connectivity index (χ0n) is 11.2. The van der Waals surface area contributed by atoms with Crippen molar-refractivity contribution in [2.45, 2.75) is 23.4 Å². The van der Waals surface area contributed by atoms with Crippen molar-refractivity contribution in [3.05, 3.63) is 34.7 Å². The van der Waals surface area contributed by atoms with Crippen molar-refractivity contribution in [2.75, 3.05) is 0 Å². The van der Waals surface area contributed by atoms with Gasteiger partial charge in [0.05, 0.1) is 12.7 Å². The van der Waals surface area contributed by atoms with E-state index < -0.39 is 40.8 Å². The molecule has 0 saturated heterocycles. The van der Waals surface area contributed by atoms with Gasteiger partial charge in [0.15, 0.2) is 5.69 Å². The Labute approximate surface area is 137 Å². The average Bonchev–Trinajstić information content (AvgIpc) is 3.04. The van der Waals surface area contributed by atoms with Gasteiger partial charge in [-0.3, -0.25) is 4.79 Å². The van der Waals surface area contributed by atoms with E-state index in [1.54, 1.807) is 4.72 Å². The number of sulfonamides is 1. The zero-order valence-corrected chi connectivity index (χ0v) is 13.6. The molecule has 0 aliphatic rings. The van der Waals surface area contributed by atoms with E-state index in [1.165, 1.54) is 17.5 Å². The SMILES string of the molecule is O=C(NS(=O)(=O)c1cccs1)c1ncn(CCC(F)(F)F)c1Cl. The number of aromatic nitrogens is 2. The van der Waals surface area contributed by atoms with E-state index in [0.29, 0.717) is 0 Å². The average molecular weight is 388 g/mol. The van der Waals surface area contributed by atoms with Crippen LogP contribution in [0.3, 0.4) is 0 Å². The molecule has 0 atom stereocenters. The second-order valence-corrected chi connectivity index (χ2v) is 7.52. The number of rotatable bonds is 5. The third-order valence-electron chi connectivity index (χ3n) is 2.61. The van der Waals surface area contributed by atoms with Crippen molar-refractivity contribution in [3.8, 4) is 0 Å². The maximum Gasteiger partial charge on any atom is 0.390 e. The molecule has 0 aliphatic heterocycles. The van der Waals surface area contributed by atoms with E-state index >= 15 is 0 Å². The van der Waals surface area contributed by atoms with Crippen LogP contribution in [0.1, 0.15) is 16.9 Å². The molecule has 6 nitrogen and oxygen atoms in total. The van der Waals surface area contributed by atoms with Gasteiger partial charge < -0.3 is 4.57 Å². The van der Waals surface area contributed by atoms with E-state index in [4.69, 9.17) is 11.6 Å². The molecular formula is C11H9ClF3N3O3S2. The fourth-order valence-electron chi connectivity index (χ4n) is 1.56. The number of halogens is 4. The summed E-state index contributed by atoms with van der Waals surface area (Å²) in [6.45, 7) is -0.527. The smallest absolute Gasteiger partial charge is 0.321 e. The summed E-state index contributed by atoms with van der Waals surface area (Å²) in [5.41, 5.74) is -0.464. The lowest BCUT2D eigenvalue weighted by molar-refractivity contribution is -0.136. The van der Waals surface area contributed by atoms with Gasteiger partial charge in [0.25, 0.3) is 15.9 Å². The molecule has 0 aliphatic carbocycles. The van der Waals surface area contributed by atoms with Crippen molar-refractivity contribution < 1.29 is 26.4 Å². The van der Waals surface area contributed by atoms with Gasteiger partial charge in [-0.25, -0.2) is 18.1 Å². The van der Waals surface area contributed by atoms with Gasteiger partial charge in [-0.15, -0.1) is 11.3 Å². The summed E-state index contributed by atoms with van der Waals surface area (Å²) in [5.74, 6) is -1.12. The molecule has 1 N–H and O–H groups in total. The molecule has 2 heterocycles. The Morgan fingerprint density at radius 3 is 2.70 bits per heavy atom. The first-order chi connectivity index (χ1) is 10.6. The minimum atomic E-state index is -4.39. The van der Waals surface area contributed by atoms with Crippen LogP contribution in [0.15, 0.2) is 28.0 Å². The lowest BCUT2D eigenvalue weighted by Crippen LogP contribution is -2.30. The number of hydrogen-bond acceptors (Lipinski definition) is 5. The van der Waals surface area contributed by atoms with E-state index in [-0.39, 0.29) is 9.36 Å². The molecule has 2 aromatic heterocycles. The predicted molar refractivity (Wildman–Crippen MR) is 76.9 cm³/mol. The quantitative estimate of drug-likeness (QED) is 0.855. The largest absolute Gasteiger partial charge is 0.390 e. The Balaban J connectivity index is 2.13. The summed E-state index contributed by atoms with van der Waals surface area (Å²) in [6.07, 6.45) is -4.60. The normalized spacial score (nSPS) is 12.3. The van der Waals surface area contributed by atoms with Gasteiger partial charge in [0.1, 0.15) is 9.36 Å². The summed E-state index contributed by atoms with van der Waals surface area (Å²) in [7, 11) is -4.08. The molecule has 23 heavy (non-hydrogen) atoms. The van der Waals surface area contributed by atoms with Crippen LogP contribution in [0, 0.1) is 0 Å². The number of nitrogens with zero attached hydrogens (tertiary/aromatic N) is 2. The van der Waals surface area contributed by atoms with Crippen LogP contribution in [0.2, 0.25) is 5.15 Å². The van der Waals surface area contributed by atoms with Gasteiger partial charge in [-0.1, -0.05) is 17.7 Å². The predicted octanol–water partition coefficient (Wildman–Crippen LogP) is 2.67. The fourth-order valence-corrected chi connectivity index (χ4v) is 3.77. The highest BCUT2D eigenvalue weighted by Gasteiger charge is 2.28. The number of carbonyl (C=O) groups excluding carboxylic acids is 1. The van der Waals surface area contributed by atoms with E-state index in [0.717, 1.165) is 22.2 Å². The highest BCUT2D eigenvalue weighted by Crippen LogP contribution is 2.23. The topological polar surface area (TPSA) is 81.1 Å². The van der Waals surface area contributed by atoms with E-state index in [2.05, 4.69) is 4.98 Å². The van der Waals surface area contributed by atoms with Gasteiger partial charge in [0.2, 0.25) is 0 Å². The monoisotopic (exact) mass is 387 g/mol. The number of alkyl halides is 3.